The van der Waals surface area contributed by atoms with E-state index in [1.807, 2.05) is 0 Å². The van der Waals surface area contributed by atoms with E-state index in [1.165, 1.54) is 6.92 Å². The number of guanidine groups is 1. The average molecular weight is 1090 g/mol. The number of benzene rings is 3. The van der Waals surface area contributed by atoms with Gasteiger partial charge in [0.05, 0.1) is 19.2 Å². The number of carbonyl (C=O) groups is 11. The molecule has 0 spiro atoms. The van der Waals surface area contributed by atoms with Gasteiger partial charge in [0.2, 0.25) is 47.3 Å². The van der Waals surface area contributed by atoms with E-state index >= 15 is 0 Å². The molecule has 0 aliphatic carbocycles. The molecule has 0 aliphatic rings. The summed E-state index contributed by atoms with van der Waals surface area (Å²) in [6, 6.07) is 13.4. The fraction of sp³-hybridized carbons (Fsp3) is 0.412. The van der Waals surface area contributed by atoms with Gasteiger partial charge in [-0.2, -0.15) is 0 Å². The molecule has 18 N–H and O–H groups in total. The third-order valence-corrected chi connectivity index (χ3v) is 11.6. The highest BCUT2D eigenvalue weighted by Crippen LogP contribution is 2.10. The Balaban J connectivity index is 1.77. The Morgan fingerprint density at radius 1 is 0.487 bits per heavy atom. The maximum absolute atomic E-state index is 13.8. The summed E-state index contributed by atoms with van der Waals surface area (Å²) in [5.41, 5.74) is 18.4. The zero-order valence-electron chi connectivity index (χ0n) is 42.7. The number of aliphatic carboxylic acids is 3. The van der Waals surface area contributed by atoms with Gasteiger partial charge >= 0.3 is 17.9 Å². The van der Waals surface area contributed by atoms with Crippen LogP contribution in [0.5, 0.6) is 0 Å². The van der Waals surface area contributed by atoms with Crippen LogP contribution >= 0.6 is 0 Å². The van der Waals surface area contributed by atoms with Gasteiger partial charge in [0.15, 0.2) is 5.96 Å². The van der Waals surface area contributed by atoms with Crippen molar-refractivity contribution in [3.05, 3.63) is 108 Å². The molecule has 0 saturated heterocycles. The highest BCUT2D eigenvalue weighted by Gasteiger charge is 2.33. The lowest BCUT2D eigenvalue weighted by molar-refractivity contribution is -0.142. The number of aliphatic imine (C=N–C) groups is 1. The second-order valence-electron chi connectivity index (χ2n) is 17.9. The number of nitrogens with one attached hydrogen (secondary N) is 8. The largest absolute Gasteiger partial charge is 0.481 e. The normalized spacial score (nSPS) is 13.8. The maximum atomic E-state index is 13.8. The highest BCUT2D eigenvalue weighted by molar-refractivity contribution is 5.97. The van der Waals surface area contributed by atoms with E-state index in [0.29, 0.717) is 16.7 Å². The van der Waals surface area contributed by atoms with Crippen molar-refractivity contribution < 1.29 is 73.2 Å². The van der Waals surface area contributed by atoms with Crippen LogP contribution in [0, 0.1) is 0 Å². The van der Waals surface area contributed by atoms with Crippen LogP contribution in [0.1, 0.15) is 62.1 Å². The van der Waals surface area contributed by atoms with Gasteiger partial charge in [-0.25, -0.2) is 4.79 Å². The lowest BCUT2D eigenvalue weighted by atomic mass is 10.0. The molecule has 27 nitrogen and oxygen atoms in total. The molecule has 0 unspecified atom stereocenters. The van der Waals surface area contributed by atoms with Gasteiger partial charge in [-0.15, -0.1) is 0 Å². The first-order chi connectivity index (χ1) is 37.1. The molecule has 3 rings (SSSR count). The Labute approximate surface area is 448 Å². The molecule has 0 heterocycles. The van der Waals surface area contributed by atoms with Crippen molar-refractivity contribution in [2.45, 2.75) is 113 Å². The maximum Gasteiger partial charge on any atom is 0.326 e. The van der Waals surface area contributed by atoms with Crippen LogP contribution in [-0.4, -0.2) is 160 Å². The van der Waals surface area contributed by atoms with E-state index in [9.17, 15) is 68.1 Å². The zero-order chi connectivity index (χ0) is 57.7. The summed E-state index contributed by atoms with van der Waals surface area (Å²) in [6.45, 7) is -0.451. The van der Waals surface area contributed by atoms with Crippen LogP contribution in [0.3, 0.4) is 0 Å². The van der Waals surface area contributed by atoms with E-state index < -0.39 is 146 Å². The molecular formula is C51H68N12O15. The van der Waals surface area contributed by atoms with Crippen molar-refractivity contribution in [2.75, 3.05) is 19.7 Å². The van der Waals surface area contributed by atoms with E-state index in [0.717, 1.165) is 0 Å². The van der Waals surface area contributed by atoms with Gasteiger partial charge < -0.3 is 80.2 Å². The molecule has 422 valence electrons. The smallest absolute Gasteiger partial charge is 0.326 e. The van der Waals surface area contributed by atoms with E-state index in [4.69, 9.17) is 22.3 Å². The van der Waals surface area contributed by atoms with Crippen molar-refractivity contribution >= 4 is 71.1 Å². The van der Waals surface area contributed by atoms with Crippen LogP contribution in [0.4, 0.5) is 0 Å². The van der Waals surface area contributed by atoms with Crippen molar-refractivity contribution in [2.24, 2.45) is 22.2 Å². The van der Waals surface area contributed by atoms with E-state index in [-0.39, 0.29) is 51.0 Å². The molecule has 3 aromatic carbocycles. The molecule has 27 heteroatoms. The Morgan fingerprint density at radius 3 is 1.40 bits per heavy atom. The van der Waals surface area contributed by atoms with Crippen molar-refractivity contribution in [1.29, 1.82) is 0 Å². The summed E-state index contributed by atoms with van der Waals surface area (Å²) < 4.78 is 0. The number of carboxylic acid groups (broad SMARTS) is 3. The third-order valence-electron chi connectivity index (χ3n) is 11.6. The topological polar surface area (TPSA) is 455 Å². The minimum atomic E-state index is -1.66. The van der Waals surface area contributed by atoms with Crippen molar-refractivity contribution in [3.8, 4) is 0 Å². The molecule has 3 aromatic rings. The Morgan fingerprint density at radius 2 is 0.897 bits per heavy atom. The molecule has 0 bridgehead atoms. The van der Waals surface area contributed by atoms with Gasteiger partial charge in [0.1, 0.15) is 42.3 Å². The molecule has 0 fully saturated rings. The van der Waals surface area contributed by atoms with Crippen LogP contribution in [0.25, 0.3) is 0 Å². The summed E-state index contributed by atoms with van der Waals surface area (Å²) in [7, 11) is 0. The molecular weight excluding hydrogens is 1020 g/mol. The van der Waals surface area contributed by atoms with Gasteiger partial charge in [-0.05, 0) is 49.3 Å². The average Bonchev–Trinajstić information content (AvgIpc) is 3.40. The van der Waals surface area contributed by atoms with E-state index in [2.05, 4.69) is 47.5 Å². The number of carbonyl (C=O) groups excluding carboxylic acids is 8. The SMILES string of the molecule is C[C@H](NC(=O)[C@H](CCCN=C(N)N)NC(=O)CNC(=O)[C@H](Cc1ccccc1)NC(=O)[C@H](CCC(=O)O)NC(=O)[C@@H](N)CCC(=O)O)C(=O)N[C@@H](Cc1ccccc1)C(=O)N[C@@H](CO)C(=O)N[C@@H](Cc1ccccc1)C(=O)O. The summed E-state index contributed by atoms with van der Waals surface area (Å²) in [6.07, 6.45) is -2.26. The fourth-order valence-electron chi connectivity index (χ4n) is 7.39. The van der Waals surface area contributed by atoms with Crippen molar-refractivity contribution in [3.63, 3.8) is 0 Å². The first-order valence-corrected chi connectivity index (χ1v) is 24.7. The fourth-order valence-corrected chi connectivity index (χ4v) is 7.39. The Hall–Kier alpha value is -8.98. The van der Waals surface area contributed by atoms with Gasteiger partial charge in [0.25, 0.3) is 0 Å². The minimum Gasteiger partial charge on any atom is -0.481 e. The molecule has 8 amide bonds. The monoisotopic (exact) mass is 1090 g/mol. The number of amides is 8. The first-order valence-electron chi connectivity index (χ1n) is 24.7. The Bertz CT molecular complexity index is 2550. The molecule has 0 saturated carbocycles. The van der Waals surface area contributed by atoms with Crippen LogP contribution in [0.2, 0.25) is 0 Å². The number of aliphatic hydroxyl groups is 1. The lowest BCUT2D eigenvalue weighted by Gasteiger charge is -2.26. The molecule has 78 heavy (non-hydrogen) atoms. The second kappa shape index (κ2) is 33.1. The number of carboxylic acids is 3. The van der Waals surface area contributed by atoms with Crippen LogP contribution in [0.15, 0.2) is 96.0 Å². The molecule has 0 radical (unpaired) electrons. The van der Waals surface area contributed by atoms with Gasteiger partial charge in [-0.3, -0.25) is 52.9 Å². The first kappa shape index (κ1) is 63.3. The summed E-state index contributed by atoms with van der Waals surface area (Å²) in [5.74, 6) is -11.8. The number of hydrogen-bond donors (Lipinski definition) is 15. The van der Waals surface area contributed by atoms with Crippen LogP contribution in [-0.2, 0) is 72.0 Å². The zero-order valence-corrected chi connectivity index (χ0v) is 42.7. The lowest BCUT2D eigenvalue weighted by Crippen LogP contribution is -2.59. The number of hydrogen-bond acceptors (Lipinski definition) is 14. The number of nitrogens with zero attached hydrogens (tertiary/aromatic N) is 1. The van der Waals surface area contributed by atoms with Gasteiger partial charge in [-0.1, -0.05) is 91.0 Å². The summed E-state index contributed by atoms with van der Waals surface area (Å²) in [5, 5.41) is 57.6. The number of rotatable bonds is 34. The van der Waals surface area contributed by atoms with Crippen molar-refractivity contribution in [1.82, 2.24) is 42.5 Å². The van der Waals surface area contributed by atoms with Gasteiger partial charge in [0, 0.05) is 38.6 Å². The second-order valence-corrected chi connectivity index (χ2v) is 17.9. The predicted molar refractivity (Wildman–Crippen MR) is 279 cm³/mol. The predicted octanol–water partition coefficient (Wildman–Crippen LogP) is -3.57. The number of aliphatic hydroxyl groups excluding tert-OH is 1. The molecule has 8 atom stereocenters. The minimum absolute atomic E-state index is 0.00489. The molecule has 0 aliphatic heterocycles. The standard InChI is InChI=1S/C51H68N12O15/c1-29(43(70)60-37(25-31-14-7-3-8-15-31)48(75)63-39(28-64)49(76)62-38(50(77)78)26-32-16-9-4-10-17-32)57-46(73)34(18-11-23-55-51(53)54)58-40(65)27-56-45(72)36(24-30-12-5-2-6-13-30)61-47(74)35(20-22-42(68)69)59-44(71)33(52)19-21-41(66)67/h2-10,12-17,29,33-39,64H,11,18-28,52H2,1H3,(H,56,72)(H,57,73)(H,58,65)(H,59,71)(H,60,70)(H,61,74)(H,62,76)(H,63,75)(H,66,67)(H,68,69)(H,77,78)(H4,53,54,55)/t29-,33-,34-,35-,36-,37-,38-,39-/m0/s1. The van der Waals surface area contributed by atoms with Crippen LogP contribution < -0.4 is 59.7 Å². The summed E-state index contributed by atoms with van der Waals surface area (Å²) >= 11 is 0. The summed E-state index contributed by atoms with van der Waals surface area (Å²) in [4.78, 5) is 147. The quantitative estimate of drug-likeness (QED) is 0.0156. The molecule has 0 aromatic heterocycles. The van der Waals surface area contributed by atoms with E-state index in [1.54, 1.807) is 91.0 Å². The number of nitrogens with two attached hydrogens (primary N) is 3. The highest BCUT2D eigenvalue weighted by atomic mass is 16.4. The third kappa shape index (κ3) is 23.7. The Kier molecular flexibility index (Phi) is 26.9.